The number of nitrogens with one attached hydrogen (secondary N) is 2. The summed E-state index contributed by atoms with van der Waals surface area (Å²) in [7, 11) is 0. The van der Waals surface area contributed by atoms with Gasteiger partial charge in [0.05, 0.1) is 24.8 Å². The minimum absolute atomic E-state index is 0.00150. The highest BCUT2D eigenvalue weighted by Crippen LogP contribution is 2.29. The van der Waals surface area contributed by atoms with Gasteiger partial charge in [-0.15, -0.1) is 0 Å². The third-order valence-corrected chi connectivity index (χ3v) is 5.71. The van der Waals surface area contributed by atoms with Crippen molar-refractivity contribution in [1.29, 1.82) is 0 Å². The summed E-state index contributed by atoms with van der Waals surface area (Å²) in [6, 6.07) is 21.6. The highest BCUT2D eigenvalue weighted by molar-refractivity contribution is 6.08. The maximum absolute atomic E-state index is 13.2. The number of benzene rings is 3. The molecule has 5 rings (SSSR count). The predicted molar refractivity (Wildman–Crippen MR) is 130 cm³/mol. The van der Waals surface area contributed by atoms with Crippen LogP contribution < -0.4 is 10.6 Å². The van der Waals surface area contributed by atoms with Crippen LogP contribution in [0, 0.1) is 6.92 Å². The molecular weight excluding hydrogens is 444 g/mol. The van der Waals surface area contributed by atoms with E-state index in [2.05, 4.69) is 15.6 Å². The molecule has 4 amide bonds. The molecule has 0 radical (unpaired) electrons. The molecule has 0 spiro atoms. The first kappa shape index (κ1) is 22.1. The third-order valence-electron chi connectivity index (χ3n) is 5.71. The number of oxazole rings is 1. The molecule has 1 aliphatic rings. The summed E-state index contributed by atoms with van der Waals surface area (Å²) in [6.45, 7) is 2.14. The largest absolute Gasteiger partial charge is 0.436 e. The molecule has 174 valence electrons. The predicted octanol–water partition coefficient (Wildman–Crippen LogP) is 4.62. The van der Waals surface area contributed by atoms with Crippen LogP contribution in [0.1, 0.15) is 21.5 Å². The minimum Gasteiger partial charge on any atom is -0.436 e. The smallest absolute Gasteiger partial charge is 0.324 e. The first-order chi connectivity index (χ1) is 17.0. The number of rotatable bonds is 6. The maximum atomic E-state index is 13.2. The third kappa shape index (κ3) is 4.67. The van der Waals surface area contributed by atoms with Gasteiger partial charge in [0, 0.05) is 16.8 Å². The first-order valence-electron chi connectivity index (χ1n) is 11.1. The Balaban J connectivity index is 1.36. The molecule has 1 saturated heterocycles. The number of amides is 4. The fourth-order valence-electron chi connectivity index (χ4n) is 3.86. The van der Waals surface area contributed by atoms with Gasteiger partial charge in [-0.1, -0.05) is 54.1 Å². The standard InChI is InChI=1S/C27H22N4O4/c1-17-9-11-19(12-10-17)23-14-28-26(35-23)22-8-3-2-7-21(22)25(33)30-20-6-4-5-18(13-20)16-31-24(32)15-29-27(31)34/h2-14H,15-16H2,1H3,(H,29,34)(H,30,33). The Hall–Kier alpha value is -4.72. The molecule has 0 saturated carbocycles. The molecule has 1 aliphatic heterocycles. The first-order valence-corrected chi connectivity index (χ1v) is 11.1. The number of carbonyl (C=O) groups excluding carboxylic acids is 3. The van der Waals surface area contributed by atoms with Crippen LogP contribution in [-0.2, 0) is 11.3 Å². The fraction of sp³-hybridized carbons (Fsp3) is 0.111. The number of urea groups is 1. The Bertz CT molecular complexity index is 1410. The zero-order chi connectivity index (χ0) is 24.4. The van der Waals surface area contributed by atoms with Crippen LogP contribution >= 0.6 is 0 Å². The molecule has 8 heteroatoms. The summed E-state index contributed by atoms with van der Waals surface area (Å²) in [5.74, 6) is 0.346. The van der Waals surface area contributed by atoms with Crippen LogP contribution in [-0.4, -0.2) is 34.3 Å². The molecule has 0 bridgehead atoms. The van der Waals surface area contributed by atoms with Gasteiger partial charge in [-0.05, 0) is 36.8 Å². The van der Waals surface area contributed by atoms with E-state index in [1.165, 1.54) is 0 Å². The van der Waals surface area contributed by atoms with E-state index in [0.717, 1.165) is 21.6 Å². The second-order valence-electron chi connectivity index (χ2n) is 8.23. The lowest BCUT2D eigenvalue weighted by Gasteiger charge is -2.14. The Morgan fingerprint density at radius 1 is 1.06 bits per heavy atom. The van der Waals surface area contributed by atoms with Crippen molar-refractivity contribution in [2.45, 2.75) is 13.5 Å². The van der Waals surface area contributed by atoms with Gasteiger partial charge >= 0.3 is 6.03 Å². The average molecular weight is 466 g/mol. The van der Waals surface area contributed by atoms with Crippen molar-refractivity contribution in [1.82, 2.24) is 15.2 Å². The van der Waals surface area contributed by atoms with E-state index in [4.69, 9.17) is 4.42 Å². The van der Waals surface area contributed by atoms with E-state index >= 15 is 0 Å². The number of hydrogen-bond acceptors (Lipinski definition) is 5. The van der Waals surface area contributed by atoms with Crippen molar-refractivity contribution < 1.29 is 18.8 Å². The van der Waals surface area contributed by atoms with Gasteiger partial charge in [-0.2, -0.15) is 0 Å². The van der Waals surface area contributed by atoms with Gasteiger partial charge in [0.15, 0.2) is 5.76 Å². The van der Waals surface area contributed by atoms with Crippen LogP contribution in [0.3, 0.4) is 0 Å². The monoisotopic (exact) mass is 466 g/mol. The molecule has 2 N–H and O–H groups in total. The Morgan fingerprint density at radius 3 is 2.63 bits per heavy atom. The van der Waals surface area contributed by atoms with Crippen molar-refractivity contribution in [3.05, 3.63) is 95.7 Å². The van der Waals surface area contributed by atoms with Gasteiger partial charge < -0.3 is 15.1 Å². The topological polar surface area (TPSA) is 105 Å². The van der Waals surface area contributed by atoms with Crippen molar-refractivity contribution in [3.63, 3.8) is 0 Å². The molecule has 1 fully saturated rings. The van der Waals surface area contributed by atoms with Crippen LogP contribution in [0.2, 0.25) is 0 Å². The summed E-state index contributed by atoms with van der Waals surface area (Å²) >= 11 is 0. The van der Waals surface area contributed by atoms with E-state index in [-0.39, 0.29) is 24.9 Å². The van der Waals surface area contributed by atoms with E-state index in [9.17, 15) is 14.4 Å². The molecule has 35 heavy (non-hydrogen) atoms. The van der Waals surface area contributed by atoms with Gasteiger partial charge in [-0.3, -0.25) is 14.5 Å². The molecule has 1 aromatic heterocycles. The van der Waals surface area contributed by atoms with E-state index in [1.54, 1.807) is 48.7 Å². The number of aryl methyl sites for hydroxylation is 1. The highest BCUT2D eigenvalue weighted by atomic mass is 16.4. The van der Waals surface area contributed by atoms with Gasteiger partial charge in [0.25, 0.3) is 5.91 Å². The number of aromatic nitrogens is 1. The number of carbonyl (C=O) groups is 3. The van der Waals surface area contributed by atoms with Crippen molar-refractivity contribution >= 4 is 23.5 Å². The normalized spacial score (nSPS) is 13.1. The Labute approximate surface area is 201 Å². The summed E-state index contributed by atoms with van der Waals surface area (Å²) in [6.07, 6.45) is 1.65. The van der Waals surface area contributed by atoms with Gasteiger partial charge in [-0.25, -0.2) is 9.78 Å². The van der Waals surface area contributed by atoms with Gasteiger partial charge in [0.2, 0.25) is 11.8 Å². The van der Waals surface area contributed by atoms with Crippen molar-refractivity contribution in [2.75, 3.05) is 11.9 Å². The van der Waals surface area contributed by atoms with Gasteiger partial charge in [0.1, 0.15) is 0 Å². The molecule has 4 aromatic rings. The van der Waals surface area contributed by atoms with Crippen LogP contribution in [0.5, 0.6) is 0 Å². The quantitative estimate of drug-likeness (QED) is 0.404. The molecular formula is C27H22N4O4. The molecule has 0 aliphatic carbocycles. The van der Waals surface area contributed by atoms with Crippen LogP contribution in [0.4, 0.5) is 10.5 Å². The average Bonchev–Trinajstić information content (AvgIpc) is 3.48. The molecule has 2 heterocycles. The summed E-state index contributed by atoms with van der Waals surface area (Å²) < 4.78 is 5.98. The zero-order valence-electron chi connectivity index (χ0n) is 18.9. The Kier molecular flexibility index (Phi) is 5.85. The van der Waals surface area contributed by atoms with Crippen molar-refractivity contribution in [3.8, 4) is 22.8 Å². The van der Waals surface area contributed by atoms with Crippen molar-refractivity contribution in [2.24, 2.45) is 0 Å². The summed E-state index contributed by atoms with van der Waals surface area (Å²) in [5.41, 5.74) is 4.29. The number of hydrogen-bond donors (Lipinski definition) is 2. The second-order valence-corrected chi connectivity index (χ2v) is 8.23. The summed E-state index contributed by atoms with van der Waals surface area (Å²) in [5, 5.41) is 5.39. The zero-order valence-corrected chi connectivity index (χ0v) is 18.9. The molecule has 8 nitrogen and oxygen atoms in total. The number of imide groups is 1. The number of anilines is 1. The number of nitrogens with zero attached hydrogens (tertiary/aromatic N) is 2. The minimum atomic E-state index is -0.422. The SMILES string of the molecule is Cc1ccc(-c2cnc(-c3ccccc3C(=O)Nc3cccc(CN4C(=O)CNC4=O)c3)o2)cc1. The summed E-state index contributed by atoms with van der Waals surface area (Å²) in [4.78, 5) is 42.4. The molecule has 0 unspecified atom stereocenters. The van der Waals surface area contributed by atoms with E-state index in [1.807, 2.05) is 37.3 Å². The highest BCUT2D eigenvalue weighted by Gasteiger charge is 2.28. The lowest BCUT2D eigenvalue weighted by atomic mass is 10.1. The lowest BCUT2D eigenvalue weighted by Crippen LogP contribution is -2.30. The van der Waals surface area contributed by atoms with E-state index in [0.29, 0.717) is 28.5 Å². The van der Waals surface area contributed by atoms with E-state index < -0.39 is 6.03 Å². The molecule has 0 atom stereocenters. The van der Waals surface area contributed by atoms with Crippen LogP contribution in [0.15, 0.2) is 83.4 Å². The lowest BCUT2D eigenvalue weighted by molar-refractivity contribution is -0.125. The second kappa shape index (κ2) is 9.26. The Morgan fingerprint density at radius 2 is 1.86 bits per heavy atom. The van der Waals surface area contributed by atoms with Crippen LogP contribution in [0.25, 0.3) is 22.8 Å². The molecule has 3 aromatic carbocycles. The fourth-order valence-corrected chi connectivity index (χ4v) is 3.86. The maximum Gasteiger partial charge on any atom is 0.324 e.